The molecular formula is C16H24N2O2. The van der Waals surface area contributed by atoms with Gasteiger partial charge in [-0.1, -0.05) is 32.0 Å². The molecule has 0 aromatic heterocycles. The predicted octanol–water partition coefficient (Wildman–Crippen LogP) is 2.17. The summed E-state index contributed by atoms with van der Waals surface area (Å²) in [5.74, 6) is 1.04. The second kappa shape index (κ2) is 6.27. The second-order valence-electron chi connectivity index (χ2n) is 5.37. The Morgan fingerprint density at radius 1 is 1.35 bits per heavy atom. The van der Waals surface area contributed by atoms with Gasteiger partial charge in [-0.15, -0.1) is 0 Å². The molecule has 1 aliphatic heterocycles. The van der Waals surface area contributed by atoms with Crippen molar-refractivity contribution in [2.45, 2.75) is 33.2 Å². The minimum atomic E-state index is -0.431. The zero-order valence-corrected chi connectivity index (χ0v) is 12.4. The lowest BCUT2D eigenvalue weighted by atomic mass is 9.81. The maximum absolute atomic E-state index is 12.9. The van der Waals surface area contributed by atoms with Crippen molar-refractivity contribution in [3.63, 3.8) is 0 Å². The Kier molecular flexibility index (Phi) is 4.65. The van der Waals surface area contributed by atoms with Gasteiger partial charge in [0, 0.05) is 18.7 Å². The molecule has 0 atom stereocenters. The van der Waals surface area contributed by atoms with Crippen molar-refractivity contribution in [1.82, 2.24) is 4.90 Å². The van der Waals surface area contributed by atoms with Crippen LogP contribution in [0.15, 0.2) is 24.3 Å². The van der Waals surface area contributed by atoms with E-state index in [0.717, 1.165) is 24.2 Å². The number of fused-ring (bicyclic) bond motifs is 1. The molecule has 4 heteroatoms. The topological polar surface area (TPSA) is 55.6 Å². The molecule has 0 saturated carbocycles. The van der Waals surface area contributed by atoms with Crippen molar-refractivity contribution in [3.8, 4) is 5.75 Å². The van der Waals surface area contributed by atoms with Crippen molar-refractivity contribution in [2.24, 2.45) is 11.1 Å². The lowest BCUT2D eigenvalue weighted by Gasteiger charge is -2.34. The van der Waals surface area contributed by atoms with E-state index in [-0.39, 0.29) is 5.91 Å². The van der Waals surface area contributed by atoms with Gasteiger partial charge in [0.25, 0.3) is 0 Å². The molecule has 1 aromatic rings. The van der Waals surface area contributed by atoms with Crippen LogP contribution in [0.2, 0.25) is 0 Å². The van der Waals surface area contributed by atoms with E-state index in [9.17, 15) is 4.79 Å². The van der Waals surface area contributed by atoms with Crippen LogP contribution < -0.4 is 10.5 Å². The van der Waals surface area contributed by atoms with Crippen LogP contribution in [0, 0.1) is 5.41 Å². The van der Waals surface area contributed by atoms with E-state index in [1.807, 2.05) is 43.0 Å². The average molecular weight is 276 g/mol. The normalized spacial score (nSPS) is 15.2. The molecule has 0 spiro atoms. The van der Waals surface area contributed by atoms with E-state index in [1.54, 1.807) is 0 Å². The summed E-state index contributed by atoms with van der Waals surface area (Å²) in [5.41, 5.74) is 6.53. The summed E-state index contributed by atoms with van der Waals surface area (Å²) in [4.78, 5) is 14.8. The summed E-state index contributed by atoms with van der Waals surface area (Å²) >= 11 is 0. The van der Waals surface area contributed by atoms with Crippen LogP contribution in [0.1, 0.15) is 32.3 Å². The third kappa shape index (κ3) is 2.66. The van der Waals surface area contributed by atoms with Crippen molar-refractivity contribution in [3.05, 3.63) is 29.8 Å². The highest BCUT2D eigenvalue weighted by molar-refractivity contribution is 5.83. The Balaban J connectivity index is 2.23. The SMILES string of the molecule is CCC(CC)(CN)C(=O)N1CCOc2ccccc2C1. The molecule has 1 heterocycles. The fraction of sp³-hybridized carbons (Fsp3) is 0.562. The number of ether oxygens (including phenoxy) is 1. The molecule has 2 N–H and O–H groups in total. The number of nitrogens with two attached hydrogens (primary N) is 1. The van der Waals surface area contributed by atoms with E-state index in [0.29, 0.717) is 26.2 Å². The first-order valence-electron chi connectivity index (χ1n) is 7.37. The van der Waals surface area contributed by atoms with Gasteiger partial charge in [-0.25, -0.2) is 0 Å². The molecular weight excluding hydrogens is 252 g/mol. The van der Waals surface area contributed by atoms with E-state index < -0.39 is 5.41 Å². The third-order valence-corrected chi connectivity index (χ3v) is 4.44. The summed E-state index contributed by atoms with van der Waals surface area (Å²) in [6.07, 6.45) is 1.55. The molecule has 0 bridgehead atoms. The zero-order valence-electron chi connectivity index (χ0n) is 12.4. The number of para-hydroxylation sites is 1. The van der Waals surface area contributed by atoms with Gasteiger partial charge in [-0.05, 0) is 18.9 Å². The second-order valence-corrected chi connectivity index (χ2v) is 5.37. The van der Waals surface area contributed by atoms with E-state index in [4.69, 9.17) is 10.5 Å². The number of amides is 1. The summed E-state index contributed by atoms with van der Waals surface area (Å²) < 4.78 is 5.72. The number of benzene rings is 1. The molecule has 0 unspecified atom stereocenters. The van der Waals surface area contributed by atoms with E-state index >= 15 is 0 Å². The molecule has 1 aromatic carbocycles. The smallest absolute Gasteiger partial charge is 0.230 e. The first-order chi connectivity index (χ1) is 9.66. The largest absolute Gasteiger partial charge is 0.491 e. The Bertz CT molecular complexity index is 461. The van der Waals surface area contributed by atoms with Crippen LogP contribution >= 0.6 is 0 Å². The fourth-order valence-corrected chi connectivity index (χ4v) is 2.76. The van der Waals surface area contributed by atoms with Gasteiger partial charge in [0.15, 0.2) is 0 Å². The Labute approximate surface area is 120 Å². The molecule has 0 aliphatic carbocycles. The van der Waals surface area contributed by atoms with Gasteiger partial charge < -0.3 is 15.4 Å². The van der Waals surface area contributed by atoms with Crippen LogP contribution in [-0.4, -0.2) is 30.5 Å². The van der Waals surface area contributed by atoms with Crippen molar-refractivity contribution < 1.29 is 9.53 Å². The minimum absolute atomic E-state index is 0.158. The van der Waals surface area contributed by atoms with Gasteiger partial charge in [-0.3, -0.25) is 4.79 Å². The highest BCUT2D eigenvalue weighted by atomic mass is 16.5. The van der Waals surface area contributed by atoms with Crippen LogP contribution in [0.25, 0.3) is 0 Å². The number of carbonyl (C=O) groups excluding carboxylic acids is 1. The monoisotopic (exact) mass is 276 g/mol. The van der Waals surface area contributed by atoms with Gasteiger partial charge in [-0.2, -0.15) is 0 Å². The highest BCUT2D eigenvalue weighted by Gasteiger charge is 2.37. The molecule has 110 valence electrons. The van der Waals surface area contributed by atoms with Gasteiger partial charge >= 0.3 is 0 Å². The summed E-state index contributed by atoms with van der Waals surface area (Å²) in [6, 6.07) is 7.91. The summed E-state index contributed by atoms with van der Waals surface area (Å²) in [5, 5.41) is 0. The lowest BCUT2D eigenvalue weighted by molar-refractivity contribution is -0.143. The molecule has 2 rings (SSSR count). The number of rotatable bonds is 4. The molecule has 20 heavy (non-hydrogen) atoms. The number of nitrogens with zero attached hydrogens (tertiary/aromatic N) is 1. The van der Waals surface area contributed by atoms with E-state index in [2.05, 4.69) is 0 Å². The Morgan fingerprint density at radius 3 is 2.70 bits per heavy atom. The summed E-state index contributed by atoms with van der Waals surface area (Å²) in [7, 11) is 0. The molecule has 1 aliphatic rings. The van der Waals surface area contributed by atoms with Crippen molar-refractivity contribution >= 4 is 5.91 Å². The van der Waals surface area contributed by atoms with Crippen molar-refractivity contribution in [2.75, 3.05) is 19.7 Å². The molecule has 0 fully saturated rings. The Morgan fingerprint density at radius 2 is 2.05 bits per heavy atom. The minimum Gasteiger partial charge on any atom is -0.491 e. The first kappa shape index (κ1) is 14.9. The maximum atomic E-state index is 12.9. The molecule has 0 radical (unpaired) electrons. The molecule has 0 saturated heterocycles. The number of hydrogen-bond acceptors (Lipinski definition) is 3. The average Bonchev–Trinajstić information content (AvgIpc) is 2.71. The molecule has 1 amide bonds. The lowest BCUT2D eigenvalue weighted by Crippen LogP contribution is -2.47. The fourth-order valence-electron chi connectivity index (χ4n) is 2.76. The first-order valence-corrected chi connectivity index (χ1v) is 7.37. The highest BCUT2D eigenvalue weighted by Crippen LogP contribution is 2.30. The van der Waals surface area contributed by atoms with Crippen LogP contribution in [0.5, 0.6) is 5.75 Å². The Hall–Kier alpha value is -1.55. The van der Waals surface area contributed by atoms with Gasteiger partial charge in [0.05, 0.1) is 12.0 Å². The quantitative estimate of drug-likeness (QED) is 0.917. The summed E-state index contributed by atoms with van der Waals surface area (Å²) in [6.45, 7) is 6.24. The standard InChI is InChI=1S/C16H24N2O2/c1-3-16(4-2,12-17)15(19)18-9-10-20-14-8-6-5-7-13(14)11-18/h5-8H,3-4,9-12,17H2,1-2H3. The van der Waals surface area contributed by atoms with Crippen LogP contribution in [0.3, 0.4) is 0 Å². The van der Waals surface area contributed by atoms with E-state index in [1.165, 1.54) is 0 Å². The number of hydrogen-bond donors (Lipinski definition) is 1. The number of carbonyl (C=O) groups is 1. The maximum Gasteiger partial charge on any atom is 0.230 e. The molecule has 4 nitrogen and oxygen atoms in total. The van der Waals surface area contributed by atoms with Crippen LogP contribution in [0.4, 0.5) is 0 Å². The van der Waals surface area contributed by atoms with Gasteiger partial charge in [0.1, 0.15) is 12.4 Å². The van der Waals surface area contributed by atoms with Gasteiger partial charge in [0.2, 0.25) is 5.91 Å². The zero-order chi connectivity index (χ0) is 14.6. The third-order valence-electron chi connectivity index (χ3n) is 4.44. The predicted molar refractivity (Wildman–Crippen MR) is 79.4 cm³/mol. The van der Waals surface area contributed by atoms with Crippen LogP contribution in [-0.2, 0) is 11.3 Å². The van der Waals surface area contributed by atoms with Crippen molar-refractivity contribution in [1.29, 1.82) is 0 Å².